The molecule has 2 aromatic heterocycles. The average molecular weight is 330 g/mol. The summed E-state index contributed by atoms with van der Waals surface area (Å²) in [5.74, 6) is -0.258. The molecule has 0 saturated heterocycles. The topological polar surface area (TPSA) is 47.3 Å². The van der Waals surface area contributed by atoms with Crippen LogP contribution in [0.3, 0.4) is 0 Å². The van der Waals surface area contributed by atoms with Crippen molar-refractivity contribution in [2.75, 3.05) is 0 Å². The van der Waals surface area contributed by atoms with E-state index >= 15 is 0 Å². The predicted octanol–water partition coefficient (Wildman–Crippen LogP) is 3.60. The summed E-state index contributed by atoms with van der Waals surface area (Å²) in [5, 5.41) is 0.311. The van der Waals surface area contributed by atoms with Crippen molar-refractivity contribution in [3.05, 3.63) is 63.0 Å². The third kappa shape index (κ3) is 2.15. The van der Waals surface area contributed by atoms with Gasteiger partial charge in [0.2, 0.25) is 0 Å². The first-order valence-corrected chi connectivity index (χ1v) is 7.79. The number of rotatable bonds is 1. The van der Waals surface area contributed by atoms with Crippen LogP contribution in [0, 0.1) is 5.82 Å². The first kappa shape index (κ1) is 14.3. The molecule has 2 heterocycles. The zero-order chi connectivity index (χ0) is 16.1. The van der Waals surface area contributed by atoms with Crippen molar-refractivity contribution < 1.29 is 4.39 Å². The lowest BCUT2D eigenvalue weighted by Crippen LogP contribution is -2.21. The lowest BCUT2D eigenvalue weighted by molar-refractivity contribution is 0.630. The van der Waals surface area contributed by atoms with Crippen molar-refractivity contribution in [2.45, 2.75) is 25.7 Å². The van der Waals surface area contributed by atoms with Gasteiger partial charge in [0.25, 0.3) is 5.56 Å². The van der Waals surface area contributed by atoms with Crippen molar-refractivity contribution in [3.63, 3.8) is 0 Å². The molecule has 23 heavy (non-hydrogen) atoms. The summed E-state index contributed by atoms with van der Waals surface area (Å²) in [6, 6.07) is 4.39. The minimum absolute atomic E-state index is 0.0904. The van der Waals surface area contributed by atoms with Crippen LogP contribution in [-0.4, -0.2) is 14.4 Å². The van der Waals surface area contributed by atoms with Crippen LogP contribution in [-0.2, 0) is 6.42 Å². The normalized spacial score (nSPS) is 16.7. The second-order valence-corrected chi connectivity index (χ2v) is 6.25. The maximum atomic E-state index is 14.3. The van der Waals surface area contributed by atoms with E-state index in [-0.39, 0.29) is 17.0 Å². The lowest BCUT2D eigenvalue weighted by atomic mass is 10.1. The maximum Gasteiger partial charge on any atom is 0.261 e. The van der Waals surface area contributed by atoms with Gasteiger partial charge in [0.15, 0.2) is 5.65 Å². The number of hydrogen-bond acceptors (Lipinski definition) is 3. The predicted molar refractivity (Wildman–Crippen MR) is 86.4 cm³/mol. The molecule has 1 aromatic carbocycles. The van der Waals surface area contributed by atoms with Crippen molar-refractivity contribution in [3.8, 4) is 11.3 Å². The molecule has 0 aliphatic heterocycles. The fourth-order valence-electron chi connectivity index (χ4n) is 3.14. The van der Waals surface area contributed by atoms with Crippen molar-refractivity contribution >= 4 is 17.2 Å². The quantitative estimate of drug-likeness (QED) is 0.685. The van der Waals surface area contributed by atoms with Gasteiger partial charge in [0.1, 0.15) is 11.5 Å². The number of halogens is 2. The monoisotopic (exact) mass is 329 g/mol. The number of fused-ring (bicyclic) bond motifs is 2. The summed E-state index contributed by atoms with van der Waals surface area (Å²) < 4.78 is 15.7. The van der Waals surface area contributed by atoms with E-state index in [2.05, 4.69) is 9.97 Å². The second-order valence-electron chi connectivity index (χ2n) is 5.81. The Labute approximate surface area is 136 Å². The molecule has 0 amide bonds. The average Bonchev–Trinajstić information content (AvgIpc) is 2.89. The van der Waals surface area contributed by atoms with Gasteiger partial charge >= 0.3 is 0 Å². The van der Waals surface area contributed by atoms with Crippen LogP contribution in [0.1, 0.15) is 30.5 Å². The molecule has 0 N–H and O–H groups in total. The number of hydrogen-bond donors (Lipinski definition) is 0. The molecule has 0 saturated carbocycles. The maximum absolute atomic E-state index is 14.3. The summed E-state index contributed by atoms with van der Waals surface area (Å²) in [4.78, 5) is 21.6. The summed E-state index contributed by atoms with van der Waals surface area (Å²) in [7, 11) is 0. The van der Waals surface area contributed by atoms with Crippen LogP contribution in [0.4, 0.5) is 4.39 Å². The summed E-state index contributed by atoms with van der Waals surface area (Å²) in [6.07, 6.45) is 4.71. The van der Waals surface area contributed by atoms with E-state index in [1.807, 2.05) is 6.92 Å². The van der Waals surface area contributed by atoms with Crippen LogP contribution < -0.4 is 5.56 Å². The molecule has 3 aromatic rings. The van der Waals surface area contributed by atoms with Gasteiger partial charge in [-0.05, 0) is 37.0 Å². The van der Waals surface area contributed by atoms with Gasteiger partial charge in [0, 0.05) is 28.5 Å². The zero-order valence-corrected chi connectivity index (χ0v) is 13.1. The Morgan fingerprint density at radius 1 is 1.39 bits per heavy atom. The third-order valence-electron chi connectivity index (χ3n) is 4.35. The van der Waals surface area contributed by atoms with Gasteiger partial charge in [-0.3, -0.25) is 14.2 Å². The number of nitrogens with zero attached hydrogens (tertiary/aromatic N) is 3. The standard InChI is InChI=1S/C17H13ClFN3O/c1-9-2-4-12-14(9)21-16-15(20-6-7-22(16)17(12)23)11-5-3-10(18)8-13(11)19/h3,5-9H,2,4H2,1H3. The van der Waals surface area contributed by atoms with E-state index in [9.17, 15) is 9.18 Å². The minimum atomic E-state index is -0.485. The molecule has 0 fully saturated rings. The molecule has 1 atom stereocenters. The van der Waals surface area contributed by atoms with Gasteiger partial charge in [-0.2, -0.15) is 0 Å². The van der Waals surface area contributed by atoms with Crippen LogP contribution >= 0.6 is 11.6 Å². The largest absolute Gasteiger partial charge is 0.269 e. The molecule has 1 aliphatic carbocycles. The molecule has 4 rings (SSSR count). The fourth-order valence-corrected chi connectivity index (χ4v) is 3.29. The molecule has 116 valence electrons. The zero-order valence-electron chi connectivity index (χ0n) is 12.4. The summed E-state index contributed by atoms with van der Waals surface area (Å²) in [6.45, 7) is 2.05. The Hall–Kier alpha value is -2.27. The van der Waals surface area contributed by atoms with E-state index in [4.69, 9.17) is 11.6 Å². The second kappa shape index (κ2) is 5.13. The number of aromatic nitrogens is 3. The first-order valence-electron chi connectivity index (χ1n) is 7.42. The molecule has 0 bridgehead atoms. The van der Waals surface area contributed by atoms with E-state index in [1.54, 1.807) is 18.3 Å². The highest BCUT2D eigenvalue weighted by atomic mass is 35.5. The summed E-state index contributed by atoms with van der Waals surface area (Å²) in [5.41, 5.74) is 2.48. The van der Waals surface area contributed by atoms with Crippen LogP contribution in [0.25, 0.3) is 16.9 Å². The Bertz CT molecular complexity index is 999. The minimum Gasteiger partial charge on any atom is -0.269 e. The Balaban J connectivity index is 2.07. The highest BCUT2D eigenvalue weighted by Gasteiger charge is 2.25. The highest BCUT2D eigenvalue weighted by molar-refractivity contribution is 6.30. The van der Waals surface area contributed by atoms with Crippen LogP contribution in [0.2, 0.25) is 5.02 Å². The van der Waals surface area contributed by atoms with Crippen molar-refractivity contribution in [1.29, 1.82) is 0 Å². The molecule has 1 unspecified atom stereocenters. The number of benzene rings is 1. The third-order valence-corrected chi connectivity index (χ3v) is 4.59. The van der Waals surface area contributed by atoms with Gasteiger partial charge in [0.05, 0.1) is 5.69 Å². The highest BCUT2D eigenvalue weighted by Crippen LogP contribution is 2.31. The molecule has 4 nitrogen and oxygen atoms in total. The van der Waals surface area contributed by atoms with E-state index in [0.29, 0.717) is 16.4 Å². The molecular formula is C17H13ClFN3O. The van der Waals surface area contributed by atoms with Gasteiger partial charge in [-0.15, -0.1) is 0 Å². The Morgan fingerprint density at radius 3 is 3.00 bits per heavy atom. The SMILES string of the molecule is CC1CCc2c1nc1c(-c3ccc(Cl)cc3F)nccn1c2=O. The van der Waals surface area contributed by atoms with E-state index in [1.165, 1.54) is 16.7 Å². The van der Waals surface area contributed by atoms with Gasteiger partial charge < -0.3 is 0 Å². The fraction of sp³-hybridized carbons (Fsp3) is 0.235. The van der Waals surface area contributed by atoms with Crippen molar-refractivity contribution in [2.24, 2.45) is 0 Å². The molecule has 0 spiro atoms. The van der Waals surface area contributed by atoms with Crippen LogP contribution in [0.5, 0.6) is 0 Å². The van der Waals surface area contributed by atoms with Gasteiger partial charge in [-0.1, -0.05) is 18.5 Å². The smallest absolute Gasteiger partial charge is 0.261 e. The van der Waals surface area contributed by atoms with E-state index < -0.39 is 5.82 Å². The van der Waals surface area contributed by atoms with Crippen molar-refractivity contribution in [1.82, 2.24) is 14.4 Å². The first-order chi connectivity index (χ1) is 11.1. The lowest BCUT2D eigenvalue weighted by Gasteiger charge is -2.10. The van der Waals surface area contributed by atoms with Gasteiger partial charge in [-0.25, -0.2) is 9.37 Å². The van der Waals surface area contributed by atoms with Crippen LogP contribution in [0.15, 0.2) is 35.4 Å². The Kier molecular flexibility index (Phi) is 3.20. The van der Waals surface area contributed by atoms with E-state index in [0.717, 1.165) is 24.1 Å². The molecular weight excluding hydrogens is 317 g/mol. The molecule has 1 aliphatic rings. The summed E-state index contributed by atoms with van der Waals surface area (Å²) >= 11 is 5.81. The molecule has 0 radical (unpaired) electrons. The molecule has 6 heteroatoms. The Morgan fingerprint density at radius 2 is 2.22 bits per heavy atom.